The predicted molar refractivity (Wildman–Crippen MR) is 91.3 cm³/mol. The van der Waals surface area contributed by atoms with Gasteiger partial charge < -0.3 is 9.68 Å². The minimum Gasteiger partial charge on any atom is -0.535 e. The maximum absolute atomic E-state index is 12.1. The average Bonchev–Trinajstić information content (AvgIpc) is 2.44. The number of carbonyl (C=O) groups excluding carboxylic acids is 2. The number of Topliss-reactive ketones (excluding diaryl/α,β-unsaturated/α-hetero) is 2. The van der Waals surface area contributed by atoms with Crippen molar-refractivity contribution < 1.29 is 19.3 Å². The quantitative estimate of drug-likeness (QED) is 0.491. The van der Waals surface area contributed by atoms with Crippen LogP contribution in [-0.2, 0) is 11.2 Å². The summed E-state index contributed by atoms with van der Waals surface area (Å²) in [6.45, 7) is 5.22. The van der Waals surface area contributed by atoms with Crippen LogP contribution in [0.15, 0.2) is 18.2 Å². The molecule has 1 aliphatic heterocycles. The number of halogens is 1. The molecule has 2 rings (SSSR count). The number of rotatable bonds is 6. The van der Waals surface area contributed by atoms with Gasteiger partial charge in [-0.2, -0.15) is 0 Å². The van der Waals surface area contributed by atoms with Crippen LogP contribution in [0.3, 0.4) is 0 Å². The van der Waals surface area contributed by atoms with Gasteiger partial charge >= 0.3 is 7.12 Å². The van der Waals surface area contributed by atoms with Crippen molar-refractivity contribution in [3.05, 3.63) is 29.3 Å². The van der Waals surface area contributed by atoms with Crippen LogP contribution in [0.4, 0.5) is 0 Å². The normalized spacial score (nSPS) is 17.4. The lowest BCUT2D eigenvalue weighted by Crippen LogP contribution is -2.35. The Bertz CT molecular complexity index is 609. The van der Waals surface area contributed by atoms with Gasteiger partial charge in [-0.1, -0.05) is 12.1 Å². The van der Waals surface area contributed by atoms with Gasteiger partial charge in [0.2, 0.25) is 0 Å². The molecule has 0 saturated heterocycles. The van der Waals surface area contributed by atoms with Gasteiger partial charge in [0.1, 0.15) is 11.5 Å². The molecule has 0 bridgehead atoms. The van der Waals surface area contributed by atoms with Crippen LogP contribution in [0.5, 0.6) is 5.75 Å². The SMILES string of the molecule is CC(=O)c1cccc2c1OB(O)[C@@H](CC(=O)CCC(C)(C)Cl)C2. The number of hydrogen-bond acceptors (Lipinski definition) is 4. The molecule has 0 aromatic heterocycles. The summed E-state index contributed by atoms with van der Waals surface area (Å²) in [5.74, 6) is 0.110. The van der Waals surface area contributed by atoms with E-state index >= 15 is 0 Å². The molecule has 1 N–H and O–H groups in total. The lowest BCUT2D eigenvalue weighted by molar-refractivity contribution is -0.119. The second kappa shape index (κ2) is 7.06. The van der Waals surface area contributed by atoms with Crippen LogP contribution in [-0.4, -0.2) is 28.6 Å². The van der Waals surface area contributed by atoms with Crippen molar-refractivity contribution in [2.45, 2.75) is 57.1 Å². The highest BCUT2D eigenvalue weighted by molar-refractivity contribution is 6.47. The Morgan fingerprint density at radius 2 is 2.13 bits per heavy atom. The molecule has 0 spiro atoms. The molecule has 0 aliphatic carbocycles. The van der Waals surface area contributed by atoms with E-state index in [2.05, 4.69) is 0 Å². The maximum atomic E-state index is 12.1. The zero-order chi connectivity index (χ0) is 17.2. The van der Waals surface area contributed by atoms with Crippen LogP contribution in [0, 0.1) is 0 Å². The summed E-state index contributed by atoms with van der Waals surface area (Å²) in [5.41, 5.74) is 1.33. The number of hydrogen-bond donors (Lipinski definition) is 1. The third-order valence-corrected chi connectivity index (χ3v) is 4.28. The monoisotopic (exact) mass is 336 g/mol. The Balaban J connectivity index is 2.06. The zero-order valence-corrected chi connectivity index (χ0v) is 14.5. The van der Waals surface area contributed by atoms with Crippen molar-refractivity contribution in [3.8, 4) is 5.75 Å². The van der Waals surface area contributed by atoms with Crippen LogP contribution in [0.2, 0.25) is 5.82 Å². The molecule has 0 fully saturated rings. The van der Waals surface area contributed by atoms with Crippen molar-refractivity contribution in [1.82, 2.24) is 0 Å². The summed E-state index contributed by atoms with van der Waals surface area (Å²) >= 11 is 6.10. The predicted octanol–water partition coefficient (Wildman–Crippen LogP) is 3.43. The highest BCUT2D eigenvalue weighted by Crippen LogP contribution is 2.36. The molecule has 1 aromatic carbocycles. The van der Waals surface area contributed by atoms with Gasteiger partial charge in [0, 0.05) is 23.5 Å². The van der Waals surface area contributed by atoms with E-state index in [9.17, 15) is 14.6 Å². The Labute approximate surface area is 142 Å². The molecule has 124 valence electrons. The molecule has 0 saturated carbocycles. The van der Waals surface area contributed by atoms with Gasteiger partial charge in [0.15, 0.2) is 5.78 Å². The second-order valence-electron chi connectivity index (χ2n) is 6.78. The molecule has 0 amide bonds. The molecule has 6 heteroatoms. The van der Waals surface area contributed by atoms with Gasteiger partial charge in [0.25, 0.3) is 0 Å². The van der Waals surface area contributed by atoms with Gasteiger partial charge in [-0.3, -0.25) is 9.59 Å². The third-order valence-electron chi connectivity index (χ3n) is 4.09. The molecule has 4 nitrogen and oxygen atoms in total. The van der Waals surface area contributed by atoms with E-state index in [1.54, 1.807) is 12.1 Å². The highest BCUT2D eigenvalue weighted by atomic mass is 35.5. The summed E-state index contributed by atoms with van der Waals surface area (Å²) < 4.78 is 5.54. The van der Waals surface area contributed by atoms with Crippen LogP contribution in [0.25, 0.3) is 0 Å². The Morgan fingerprint density at radius 1 is 1.43 bits per heavy atom. The molecule has 1 heterocycles. The molecular weight excluding hydrogens is 314 g/mol. The van der Waals surface area contributed by atoms with E-state index in [0.29, 0.717) is 30.6 Å². The number of fused-ring (bicyclic) bond motifs is 1. The topological polar surface area (TPSA) is 63.6 Å². The fourth-order valence-corrected chi connectivity index (χ4v) is 2.86. The largest absolute Gasteiger partial charge is 0.535 e. The number of alkyl halides is 1. The Morgan fingerprint density at radius 3 is 2.74 bits per heavy atom. The molecule has 0 radical (unpaired) electrons. The fourth-order valence-electron chi connectivity index (χ4n) is 2.77. The molecule has 1 aromatic rings. The summed E-state index contributed by atoms with van der Waals surface area (Å²) in [5, 5.41) is 10.2. The first-order valence-corrected chi connectivity index (χ1v) is 8.23. The van der Waals surface area contributed by atoms with Crippen molar-refractivity contribution in [2.24, 2.45) is 0 Å². The standard InChI is InChI=1S/C17H22BClO4/c1-11(20)15-6-4-5-12-9-13(18(22)23-16(12)15)10-14(21)7-8-17(2,3)19/h4-6,13,22H,7-10H2,1-3H3/t13-/m1/s1. The van der Waals surface area contributed by atoms with Gasteiger partial charge in [-0.25, -0.2) is 0 Å². The van der Waals surface area contributed by atoms with Gasteiger partial charge in [0.05, 0.1) is 5.56 Å². The van der Waals surface area contributed by atoms with Crippen LogP contribution < -0.4 is 4.65 Å². The number of para-hydroxylation sites is 1. The first kappa shape index (κ1) is 18.0. The fraction of sp³-hybridized carbons (Fsp3) is 0.529. The third kappa shape index (κ3) is 4.82. The van der Waals surface area contributed by atoms with E-state index < -0.39 is 12.0 Å². The van der Waals surface area contributed by atoms with Crippen molar-refractivity contribution in [1.29, 1.82) is 0 Å². The van der Waals surface area contributed by atoms with E-state index in [1.807, 2.05) is 19.9 Å². The Hall–Kier alpha value is -1.33. The molecular formula is C17H22BClO4. The first-order valence-electron chi connectivity index (χ1n) is 7.85. The van der Waals surface area contributed by atoms with Gasteiger partial charge in [-0.15, -0.1) is 11.6 Å². The molecule has 0 unspecified atom stereocenters. The van der Waals surface area contributed by atoms with E-state index in [0.717, 1.165) is 5.56 Å². The molecule has 23 heavy (non-hydrogen) atoms. The lowest BCUT2D eigenvalue weighted by atomic mass is 9.64. The van der Waals surface area contributed by atoms with Gasteiger partial charge in [-0.05, 0) is 45.2 Å². The lowest BCUT2D eigenvalue weighted by Gasteiger charge is -2.28. The summed E-state index contributed by atoms with van der Waals surface area (Å²) in [6.07, 6.45) is 1.76. The Kier molecular flexibility index (Phi) is 5.53. The smallest absolute Gasteiger partial charge is 0.526 e. The number of carbonyl (C=O) groups is 2. The van der Waals surface area contributed by atoms with E-state index in [-0.39, 0.29) is 23.8 Å². The summed E-state index contributed by atoms with van der Waals surface area (Å²) in [4.78, 5) is 23.3. The van der Waals surface area contributed by atoms with E-state index in [4.69, 9.17) is 16.3 Å². The summed E-state index contributed by atoms with van der Waals surface area (Å²) in [6, 6.07) is 5.35. The van der Waals surface area contributed by atoms with Crippen LogP contribution in [0.1, 0.15) is 56.0 Å². The van der Waals surface area contributed by atoms with Crippen molar-refractivity contribution in [2.75, 3.05) is 0 Å². The number of benzene rings is 1. The maximum Gasteiger partial charge on any atom is 0.526 e. The minimum absolute atomic E-state index is 0.0672. The van der Waals surface area contributed by atoms with E-state index in [1.165, 1.54) is 6.92 Å². The second-order valence-corrected chi connectivity index (χ2v) is 7.81. The van der Waals surface area contributed by atoms with Crippen LogP contribution >= 0.6 is 11.6 Å². The number of ketones is 2. The minimum atomic E-state index is -1.07. The van der Waals surface area contributed by atoms with Crippen molar-refractivity contribution in [3.63, 3.8) is 0 Å². The van der Waals surface area contributed by atoms with Crippen molar-refractivity contribution >= 4 is 30.3 Å². The zero-order valence-electron chi connectivity index (χ0n) is 13.8. The summed E-state index contributed by atoms with van der Waals surface area (Å²) in [7, 11) is -1.07. The average molecular weight is 337 g/mol. The molecule has 1 atom stereocenters. The molecule has 1 aliphatic rings. The highest BCUT2D eigenvalue weighted by Gasteiger charge is 2.37. The first-order chi connectivity index (χ1) is 10.7.